The fraction of sp³-hybridized carbons (Fsp3) is 0.391. The van der Waals surface area contributed by atoms with E-state index in [4.69, 9.17) is 23.2 Å². The number of hydrogen-bond acceptors (Lipinski definition) is 4. The summed E-state index contributed by atoms with van der Waals surface area (Å²) in [5.41, 5.74) is 2.14. The summed E-state index contributed by atoms with van der Waals surface area (Å²) in [7, 11) is 0. The summed E-state index contributed by atoms with van der Waals surface area (Å²) in [4.78, 5) is 17.5. The number of piperazine rings is 1. The number of benzene rings is 2. The van der Waals surface area contributed by atoms with Gasteiger partial charge in [0.25, 0.3) is 5.91 Å². The Morgan fingerprint density at radius 3 is 2.74 bits per heavy atom. The van der Waals surface area contributed by atoms with E-state index in [2.05, 4.69) is 15.1 Å². The van der Waals surface area contributed by atoms with Gasteiger partial charge in [-0.05, 0) is 49.6 Å². The molecule has 0 saturated carbocycles. The van der Waals surface area contributed by atoms with Crippen molar-refractivity contribution in [2.45, 2.75) is 31.4 Å². The number of nitrogens with one attached hydrogen (secondary N) is 1. The number of carbonyl (C=O) groups is 1. The molecule has 2 N–H and O–H groups in total. The molecule has 6 nitrogen and oxygen atoms in total. The van der Waals surface area contributed by atoms with Gasteiger partial charge in [-0.3, -0.25) is 14.8 Å². The first-order chi connectivity index (χ1) is 14.9. The number of aryl methyl sites for hydroxylation is 1. The van der Waals surface area contributed by atoms with Crippen molar-refractivity contribution < 1.29 is 9.90 Å². The molecule has 0 bridgehead atoms. The number of amides is 1. The molecule has 1 amide bonds. The summed E-state index contributed by atoms with van der Waals surface area (Å²) in [6, 6.07) is 11.3. The van der Waals surface area contributed by atoms with Gasteiger partial charge in [0.05, 0.1) is 21.8 Å². The summed E-state index contributed by atoms with van der Waals surface area (Å²) >= 11 is 12.6. The van der Waals surface area contributed by atoms with Crippen LogP contribution in [0.25, 0.3) is 10.9 Å². The lowest BCUT2D eigenvalue weighted by Crippen LogP contribution is -2.60. The van der Waals surface area contributed by atoms with Crippen molar-refractivity contribution in [1.82, 2.24) is 20.0 Å². The Kier molecular flexibility index (Phi) is 5.21. The van der Waals surface area contributed by atoms with E-state index in [-0.39, 0.29) is 11.9 Å². The highest BCUT2D eigenvalue weighted by Gasteiger charge is 2.42. The summed E-state index contributed by atoms with van der Waals surface area (Å²) in [6.45, 7) is 4.39. The zero-order valence-corrected chi connectivity index (χ0v) is 18.7. The number of H-pyrrole nitrogens is 1. The van der Waals surface area contributed by atoms with Crippen LogP contribution in [-0.4, -0.2) is 63.2 Å². The van der Waals surface area contributed by atoms with Crippen molar-refractivity contribution in [2.24, 2.45) is 0 Å². The van der Waals surface area contributed by atoms with E-state index in [0.717, 1.165) is 35.1 Å². The molecular formula is C23H24Cl2N4O2. The standard InChI is InChI=1S/C23H24Cl2N4O2/c1-14-20-19(27-26-14)7-6-18(21(20)25)22(30)28-10-11-29-13-23(31,9-8-17(29)12-28)15-2-4-16(24)5-3-15/h2-7,17,31H,8-13H2,1H3,(H,26,27)/t17-,23+/m1/s1. The highest BCUT2D eigenvalue weighted by Crippen LogP contribution is 2.36. The van der Waals surface area contributed by atoms with Crippen LogP contribution >= 0.6 is 23.2 Å². The normalized spacial score (nSPS) is 24.4. The van der Waals surface area contributed by atoms with Gasteiger partial charge >= 0.3 is 0 Å². The lowest BCUT2D eigenvalue weighted by Gasteiger charge is -2.49. The lowest BCUT2D eigenvalue weighted by atomic mass is 9.82. The van der Waals surface area contributed by atoms with E-state index in [9.17, 15) is 9.90 Å². The first-order valence-corrected chi connectivity index (χ1v) is 11.3. The number of nitrogens with zero attached hydrogens (tertiary/aromatic N) is 3. The quantitative estimate of drug-likeness (QED) is 0.608. The van der Waals surface area contributed by atoms with E-state index < -0.39 is 5.60 Å². The van der Waals surface area contributed by atoms with Crippen molar-refractivity contribution in [3.8, 4) is 0 Å². The maximum Gasteiger partial charge on any atom is 0.255 e. The van der Waals surface area contributed by atoms with Crippen LogP contribution in [0.5, 0.6) is 0 Å². The molecule has 2 atom stereocenters. The molecule has 0 unspecified atom stereocenters. The van der Waals surface area contributed by atoms with Crippen LogP contribution in [0.2, 0.25) is 10.0 Å². The molecule has 0 spiro atoms. The average molecular weight is 459 g/mol. The molecule has 3 heterocycles. The molecule has 1 aromatic heterocycles. The molecule has 2 aliphatic rings. The van der Waals surface area contributed by atoms with Crippen molar-refractivity contribution >= 4 is 40.0 Å². The van der Waals surface area contributed by atoms with Gasteiger partial charge in [-0.1, -0.05) is 35.3 Å². The number of aromatic amines is 1. The van der Waals surface area contributed by atoms with Gasteiger partial charge in [0.1, 0.15) is 5.60 Å². The minimum absolute atomic E-state index is 0.0503. The van der Waals surface area contributed by atoms with Crippen molar-refractivity contribution in [3.63, 3.8) is 0 Å². The third-order valence-electron chi connectivity index (χ3n) is 6.71. The van der Waals surface area contributed by atoms with Gasteiger partial charge in [-0.2, -0.15) is 5.10 Å². The number of aliphatic hydroxyl groups is 1. The molecule has 2 aliphatic heterocycles. The monoisotopic (exact) mass is 458 g/mol. The fourth-order valence-corrected chi connectivity index (χ4v) is 5.44. The Hall–Kier alpha value is -2.12. The molecule has 8 heteroatoms. The second-order valence-corrected chi connectivity index (χ2v) is 9.43. The number of halogens is 2. The van der Waals surface area contributed by atoms with Crippen molar-refractivity contribution in [1.29, 1.82) is 0 Å². The third kappa shape index (κ3) is 3.61. The fourth-order valence-electron chi connectivity index (χ4n) is 4.93. The summed E-state index contributed by atoms with van der Waals surface area (Å²) in [6.07, 6.45) is 1.47. The van der Waals surface area contributed by atoms with Gasteiger partial charge in [-0.15, -0.1) is 0 Å². The Bertz CT molecular complexity index is 1150. The van der Waals surface area contributed by atoms with Crippen LogP contribution in [0.3, 0.4) is 0 Å². The lowest BCUT2D eigenvalue weighted by molar-refractivity contribution is -0.0740. The molecular weight excluding hydrogens is 435 g/mol. The van der Waals surface area contributed by atoms with Crippen molar-refractivity contribution in [2.75, 3.05) is 26.2 Å². The largest absolute Gasteiger partial charge is 0.384 e. The molecule has 2 saturated heterocycles. The SMILES string of the molecule is Cc1n[nH]c2ccc(C(=O)N3CCN4C[C@](O)(c5ccc(Cl)cc5)CC[C@@H]4C3)c(Cl)c12. The Morgan fingerprint density at radius 1 is 1.19 bits per heavy atom. The first-order valence-electron chi connectivity index (χ1n) is 10.5. The molecule has 0 aliphatic carbocycles. The minimum atomic E-state index is -0.888. The second-order valence-electron chi connectivity index (χ2n) is 8.61. The van der Waals surface area contributed by atoms with Crippen LogP contribution in [-0.2, 0) is 5.60 Å². The van der Waals surface area contributed by atoms with E-state index in [1.54, 1.807) is 6.07 Å². The smallest absolute Gasteiger partial charge is 0.255 e. The minimum Gasteiger partial charge on any atom is -0.384 e. The van der Waals surface area contributed by atoms with E-state index in [1.165, 1.54) is 0 Å². The molecule has 0 radical (unpaired) electrons. The van der Waals surface area contributed by atoms with E-state index in [0.29, 0.717) is 41.7 Å². The Morgan fingerprint density at radius 2 is 1.97 bits per heavy atom. The number of aromatic nitrogens is 2. The Balaban J connectivity index is 1.32. The maximum absolute atomic E-state index is 13.3. The molecule has 2 fully saturated rings. The predicted molar refractivity (Wildman–Crippen MR) is 122 cm³/mol. The first kappa shape index (κ1) is 20.8. The van der Waals surface area contributed by atoms with Crippen molar-refractivity contribution in [3.05, 3.63) is 63.3 Å². The Labute approximate surface area is 190 Å². The number of carbonyl (C=O) groups excluding carboxylic acids is 1. The van der Waals surface area contributed by atoms with Crippen LogP contribution in [0.1, 0.15) is 34.5 Å². The zero-order valence-electron chi connectivity index (χ0n) is 17.2. The summed E-state index contributed by atoms with van der Waals surface area (Å²) in [5, 5.41) is 20.3. The number of rotatable bonds is 2. The van der Waals surface area contributed by atoms with Crippen LogP contribution < -0.4 is 0 Å². The van der Waals surface area contributed by atoms with Crippen LogP contribution in [0, 0.1) is 6.92 Å². The van der Waals surface area contributed by atoms with Crippen LogP contribution in [0.15, 0.2) is 36.4 Å². The molecule has 3 aromatic rings. The maximum atomic E-state index is 13.3. The summed E-state index contributed by atoms with van der Waals surface area (Å²) in [5.74, 6) is -0.0503. The topological polar surface area (TPSA) is 72.5 Å². The highest BCUT2D eigenvalue weighted by molar-refractivity contribution is 6.38. The van der Waals surface area contributed by atoms with Gasteiger partial charge in [0.15, 0.2) is 0 Å². The van der Waals surface area contributed by atoms with Gasteiger partial charge in [0, 0.05) is 42.6 Å². The number of hydrogen-bond donors (Lipinski definition) is 2. The number of piperidine rings is 1. The zero-order chi connectivity index (χ0) is 21.8. The van der Waals surface area contributed by atoms with Crippen LogP contribution in [0.4, 0.5) is 0 Å². The molecule has 2 aromatic carbocycles. The third-order valence-corrected chi connectivity index (χ3v) is 7.35. The predicted octanol–water partition coefficient (Wildman–Crippen LogP) is 3.99. The van der Waals surface area contributed by atoms with Gasteiger partial charge in [0.2, 0.25) is 0 Å². The average Bonchev–Trinajstić information content (AvgIpc) is 3.15. The number of fused-ring (bicyclic) bond motifs is 2. The summed E-state index contributed by atoms with van der Waals surface area (Å²) < 4.78 is 0. The van der Waals surface area contributed by atoms with Gasteiger partial charge < -0.3 is 10.0 Å². The van der Waals surface area contributed by atoms with E-state index in [1.807, 2.05) is 42.2 Å². The molecule has 31 heavy (non-hydrogen) atoms. The highest BCUT2D eigenvalue weighted by atomic mass is 35.5. The van der Waals surface area contributed by atoms with Gasteiger partial charge in [-0.25, -0.2) is 0 Å². The second kappa shape index (κ2) is 7.78. The molecule has 162 valence electrons. The molecule has 5 rings (SSSR count). The van der Waals surface area contributed by atoms with E-state index >= 15 is 0 Å².